The molecule has 1 aromatic rings. The number of rotatable bonds is 8. The van der Waals surface area contributed by atoms with Gasteiger partial charge in [-0.1, -0.05) is 13.3 Å². The van der Waals surface area contributed by atoms with Crippen LogP contribution in [0.2, 0.25) is 0 Å². The van der Waals surface area contributed by atoms with E-state index in [1.807, 2.05) is 24.3 Å². The maximum absolute atomic E-state index is 5.83. The van der Waals surface area contributed by atoms with Crippen molar-refractivity contribution >= 4 is 0 Å². The number of ether oxygens (including phenoxy) is 2. The van der Waals surface area contributed by atoms with Crippen LogP contribution < -0.4 is 14.8 Å². The van der Waals surface area contributed by atoms with E-state index in [-0.39, 0.29) is 0 Å². The molecule has 1 fully saturated rings. The van der Waals surface area contributed by atoms with Crippen molar-refractivity contribution in [2.75, 3.05) is 26.8 Å². The van der Waals surface area contributed by atoms with Gasteiger partial charge in [0.25, 0.3) is 0 Å². The zero-order chi connectivity index (χ0) is 13.6. The summed E-state index contributed by atoms with van der Waals surface area (Å²) in [5.74, 6) is 1.80. The summed E-state index contributed by atoms with van der Waals surface area (Å²) in [6.45, 7) is 5.16. The van der Waals surface area contributed by atoms with Gasteiger partial charge in [0.1, 0.15) is 11.5 Å². The Morgan fingerprint density at radius 1 is 1.16 bits per heavy atom. The van der Waals surface area contributed by atoms with Crippen LogP contribution in [0.5, 0.6) is 11.5 Å². The molecule has 0 amide bonds. The Hall–Kier alpha value is -1.22. The molecule has 1 saturated carbocycles. The third kappa shape index (κ3) is 3.87. The van der Waals surface area contributed by atoms with Gasteiger partial charge in [-0.2, -0.15) is 0 Å². The number of methoxy groups -OCH3 is 1. The van der Waals surface area contributed by atoms with E-state index in [1.165, 1.54) is 19.3 Å². The zero-order valence-electron chi connectivity index (χ0n) is 12.1. The molecule has 1 N–H and O–H groups in total. The Labute approximate surface area is 116 Å². The predicted molar refractivity (Wildman–Crippen MR) is 77.9 cm³/mol. The molecule has 1 aromatic carbocycles. The second-order valence-electron chi connectivity index (χ2n) is 5.41. The lowest BCUT2D eigenvalue weighted by molar-refractivity contribution is 0.0928. The summed E-state index contributed by atoms with van der Waals surface area (Å²) in [4.78, 5) is 0. The van der Waals surface area contributed by atoms with Crippen molar-refractivity contribution in [2.24, 2.45) is 5.41 Å². The lowest BCUT2D eigenvalue weighted by Crippen LogP contribution is -2.41. The monoisotopic (exact) mass is 263 g/mol. The maximum Gasteiger partial charge on any atom is 0.119 e. The maximum atomic E-state index is 5.83. The van der Waals surface area contributed by atoms with Crippen molar-refractivity contribution in [3.8, 4) is 11.5 Å². The third-order valence-electron chi connectivity index (χ3n) is 4.12. The van der Waals surface area contributed by atoms with E-state index in [1.54, 1.807) is 7.11 Å². The van der Waals surface area contributed by atoms with Gasteiger partial charge in [0.05, 0.1) is 13.7 Å². The van der Waals surface area contributed by atoms with Gasteiger partial charge >= 0.3 is 0 Å². The Kier molecular flexibility index (Phi) is 5.08. The summed E-state index contributed by atoms with van der Waals surface area (Å²) in [7, 11) is 1.68. The number of benzene rings is 1. The molecule has 0 spiro atoms. The molecule has 19 heavy (non-hydrogen) atoms. The molecule has 3 nitrogen and oxygen atoms in total. The molecule has 3 heteroatoms. The van der Waals surface area contributed by atoms with Crippen LogP contribution in [0.15, 0.2) is 24.3 Å². The Morgan fingerprint density at radius 3 is 2.37 bits per heavy atom. The third-order valence-corrected chi connectivity index (χ3v) is 4.12. The van der Waals surface area contributed by atoms with Crippen molar-refractivity contribution < 1.29 is 9.47 Å². The molecule has 1 aliphatic rings. The number of hydrogen-bond donors (Lipinski definition) is 1. The van der Waals surface area contributed by atoms with Gasteiger partial charge < -0.3 is 14.8 Å². The molecule has 0 aliphatic heterocycles. The molecule has 1 aliphatic carbocycles. The van der Waals surface area contributed by atoms with Gasteiger partial charge in [-0.05, 0) is 55.5 Å². The Bertz CT molecular complexity index is 371. The average molecular weight is 263 g/mol. The van der Waals surface area contributed by atoms with Crippen molar-refractivity contribution in [3.05, 3.63) is 24.3 Å². The molecule has 0 radical (unpaired) electrons. The van der Waals surface area contributed by atoms with E-state index < -0.39 is 0 Å². The Balaban J connectivity index is 1.75. The quantitative estimate of drug-likeness (QED) is 0.781. The lowest BCUT2D eigenvalue weighted by Gasteiger charge is -2.42. The first-order valence-electron chi connectivity index (χ1n) is 7.25. The molecule has 0 atom stereocenters. The van der Waals surface area contributed by atoms with Crippen molar-refractivity contribution in [3.63, 3.8) is 0 Å². The van der Waals surface area contributed by atoms with Crippen LogP contribution in [0, 0.1) is 5.41 Å². The highest BCUT2D eigenvalue weighted by molar-refractivity contribution is 5.31. The van der Waals surface area contributed by atoms with Gasteiger partial charge in [-0.3, -0.25) is 0 Å². The van der Waals surface area contributed by atoms with Crippen molar-refractivity contribution in [2.45, 2.75) is 32.6 Å². The average Bonchev–Trinajstić information content (AvgIpc) is 2.41. The molecule has 2 rings (SSSR count). The van der Waals surface area contributed by atoms with E-state index in [0.29, 0.717) is 5.41 Å². The Morgan fingerprint density at radius 2 is 1.84 bits per heavy atom. The summed E-state index contributed by atoms with van der Waals surface area (Å²) in [6.07, 6.45) is 5.19. The number of hydrogen-bond acceptors (Lipinski definition) is 3. The summed E-state index contributed by atoms with van der Waals surface area (Å²) in [5.41, 5.74) is 0.489. The van der Waals surface area contributed by atoms with E-state index in [4.69, 9.17) is 9.47 Å². The molecular formula is C16H25NO2. The molecule has 0 saturated heterocycles. The smallest absolute Gasteiger partial charge is 0.119 e. The van der Waals surface area contributed by atoms with Crippen molar-refractivity contribution in [1.29, 1.82) is 0 Å². The first-order valence-corrected chi connectivity index (χ1v) is 7.25. The molecule has 0 aromatic heterocycles. The zero-order valence-corrected chi connectivity index (χ0v) is 12.1. The van der Waals surface area contributed by atoms with E-state index in [0.717, 1.165) is 37.6 Å². The highest BCUT2D eigenvalue weighted by Gasteiger charge is 2.35. The number of nitrogens with one attached hydrogen (secondary N) is 1. The second-order valence-corrected chi connectivity index (χ2v) is 5.41. The fraction of sp³-hybridized carbons (Fsp3) is 0.625. The van der Waals surface area contributed by atoms with E-state index in [2.05, 4.69) is 12.2 Å². The van der Waals surface area contributed by atoms with Gasteiger partial charge in [0.2, 0.25) is 0 Å². The summed E-state index contributed by atoms with van der Waals surface area (Å²) in [5, 5.41) is 3.48. The first-order chi connectivity index (χ1) is 9.28. The fourth-order valence-electron chi connectivity index (χ4n) is 2.64. The summed E-state index contributed by atoms with van der Waals surface area (Å²) in [6, 6.07) is 7.81. The second kappa shape index (κ2) is 6.80. The summed E-state index contributed by atoms with van der Waals surface area (Å²) >= 11 is 0. The standard InChI is InChI=1S/C16H25NO2/c1-3-17-13-16(9-4-10-16)11-12-19-15-7-5-14(18-2)6-8-15/h5-8,17H,3-4,9-13H2,1-2H3. The van der Waals surface area contributed by atoms with Gasteiger partial charge in [0, 0.05) is 6.54 Å². The minimum absolute atomic E-state index is 0.489. The lowest BCUT2D eigenvalue weighted by atomic mass is 9.67. The van der Waals surface area contributed by atoms with Crippen LogP contribution in [0.3, 0.4) is 0 Å². The fourth-order valence-corrected chi connectivity index (χ4v) is 2.64. The van der Waals surface area contributed by atoms with E-state index >= 15 is 0 Å². The van der Waals surface area contributed by atoms with Gasteiger partial charge in [-0.25, -0.2) is 0 Å². The molecule has 106 valence electrons. The van der Waals surface area contributed by atoms with Crippen LogP contribution >= 0.6 is 0 Å². The van der Waals surface area contributed by atoms with Crippen LogP contribution in [0.25, 0.3) is 0 Å². The molecule has 0 bridgehead atoms. The molecule has 0 heterocycles. The highest BCUT2D eigenvalue weighted by atomic mass is 16.5. The SMILES string of the molecule is CCNCC1(CCOc2ccc(OC)cc2)CCC1. The minimum Gasteiger partial charge on any atom is -0.497 e. The van der Waals surface area contributed by atoms with Crippen LogP contribution in [-0.2, 0) is 0 Å². The normalized spacial score (nSPS) is 16.7. The topological polar surface area (TPSA) is 30.5 Å². The highest BCUT2D eigenvalue weighted by Crippen LogP contribution is 2.43. The van der Waals surface area contributed by atoms with Crippen LogP contribution in [0.4, 0.5) is 0 Å². The minimum atomic E-state index is 0.489. The van der Waals surface area contributed by atoms with Crippen LogP contribution in [-0.4, -0.2) is 26.8 Å². The molecule has 0 unspecified atom stereocenters. The predicted octanol–water partition coefficient (Wildman–Crippen LogP) is 3.24. The van der Waals surface area contributed by atoms with Gasteiger partial charge in [0.15, 0.2) is 0 Å². The largest absolute Gasteiger partial charge is 0.497 e. The summed E-state index contributed by atoms with van der Waals surface area (Å²) < 4.78 is 11.0. The molecular weight excluding hydrogens is 238 g/mol. The first kappa shape index (κ1) is 14.2. The van der Waals surface area contributed by atoms with Crippen LogP contribution in [0.1, 0.15) is 32.6 Å². The van der Waals surface area contributed by atoms with E-state index in [9.17, 15) is 0 Å². The van der Waals surface area contributed by atoms with Gasteiger partial charge in [-0.15, -0.1) is 0 Å². The van der Waals surface area contributed by atoms with Crippen molar-refractivity contribution in [1.82, 2.24) is 5.32 Å².